The van der Waals surface area contributed by atoms with Crippen molar-refractivity contribution in [1.29, 1.82) is 0 Å². The summed E-state index contributed by atoms with van der Waals surface area (Å²) < 4.78 is 26.8. The van der Waals surface area contributed by atoms with Crippen molar-refractivity contribution >= 4 is 33.2 Å². The number of anilines is 1. The molecule has 0 bridgehead atoms. The number of nitrogens with one attached hydrogen (secondary N) is 1. The van der Waals surface area contributed by atoms with Crippen LogP contribution >= 0.6 is 11.6 Å². The van der Waals surface area contributed by atoms with E-state index >= 15 is 0 Å². The Morgan fingerprint density at radius 1 is 0.938 bits per heavy atom. The lowest BCUT2D eigenvalue weighted by atomic mass is 10.1. The second-order valence-electron chi connectivity index (χ2n) is 7.76. The molecular formula is C25H27ClN2O3S. The fourth-order valence-corrected chi connectivity index (χ4v) is 4.66. The van der Waals surface area contributed by atoms with Crippen LogP contribution in [0.5, 0.6) is 0 Å². The number of carbonyl (C=O) groups excluding carboxylic acids is 1. The lowest BCUT2D eigenvalue weighted by Gasteiger charge is -2.20. The maximum atomic E-state index is 12.8. The van der Waals surface area contributed by atoms with Crippen molar-refractivity contribution in [2.24, 2.45) is 0 Å². The standard InChI is InChI=1S/C25H27ClN2O3S/c1-19(8-9-20-6-4-3-5-7-20)27-25(29)18-21-10-14-23(15-11-21)28(2)32(30,31)24-16-12-22(26)13-17-24/h3-7,10-17,19H,8-9,18H2,1-2H3,(H,27,29)/t19-/m0/s1. The third kappa shape index (κ3) is 6.34. The van der Waals surface area contributed by atoms with Crippen molar-refractivity contribution < 1.29 is 13.2 Å². The first kappa shape index (κ1) is 23.8. The van der Waals surface area contributed by atoms with Gasteiger partial charge in [-0.05, 0) is 67.3 Å². The molecule has 5 nitrogen and oxygen atoms in total. The number of benzene rings is 3. The molecule has 3 aromatic carbocycles. The van der Waals surface area contributed by atoms with E-state index in [4.69, 9.17) is 11.6 Å². The molecule has 0 heterocycles. The highest BCUT2D eigenvalue weighted by Gasteiger charge is 2.21. The summed E-state index contributed by atoms with van der Waals surface area (Å²) in [6, 6.07) is 23.3. The van der Waals surface area contributed by atoms with Crippen molar-refractivity contribution in [3.63, 3.8) is 0 Å². The third-order valence-electron chi connectivity index (χ3n) is 5.25. The number of halogens is 1. The summed E-state index contributed by atoms with van der Waals surface area (Å²) in [6.07, 6.45) is 2.01. The maximum absolute atomic E-state index is 12.8. The molecule has 0 aliphatic rings. The molecule has 1 amide bonds. The lowest BCUT2D eigenvalue weighted by Crippen LogP contribution is -2.34. The summed E-state index contributed by atoms with van der Waals surface area (Å²) in [6.45, 7) is 2.00. The van der Waals surface area contributed by atoms with E-state index in [9.17, 15) is 13.2 Å². The number of amides is 1. The van der Waals surface area contributed by atoms with Gasteiger partial charge in [0.15, 0.2) is 0 Å². The lowest BCUT2D eigenvalue weighted by molar-refractivity contribution is -0.121. The second kappa shape index (κ2) is 10.7. The Hall–Kier alpha value is -2.83. The van der Waals surface area contributed by atoms with Gasteiger partial charge in [-0.25, -0.2) is 8.42 Å². The van der Waals surface area contributed by atoms with Crippen LogP contribution in [-0.4, -0.2) is 27.4 Å². The summed E-state index contributed by atoms with van der Waals surface area (Å²) in [5.74, 6) is -0.0551. The first-order valence-electron chi connectivity index (χ1n) is 10.4. The summed E-state index contributed by atoms with van der Waals surface area (Å²) in [5, 5.41) is 3.51. The average molecular weight is 471 g/mol. The third-order valence-corrected chi connectivity index (χ3v) is 7.30. The molecule has 0 saturated heterocycles. The fourth-order valence-electron chi connectivity index (χ4n) is 3.34. The first-order chi connectivity index (χ1) is 15.3. The molecule has 1 atom stereocenters. The fraction of sp³-hybridized carbons (Fsp3) is 0.240. The van der Waals surface area contributed by atoms with Crippen molar-refractivity contribution in [2.45, 2.75) is 37.1 Å². The van der Waals surface area contributed by atoms with Crippen molar-refractivity contribution in [2.75, 3.05) is 11.4 Å². The predicted octanol–water partition coefficient (Wildman–Crippen LogP) is 4.85. The largest absolute Gasteiger partial charge is 0.353 e. The number of carbonyl (C=O) groups is 1. The number of sulfonamides is 1. The second-order valence-corrected chi connectivity index (χ2v) is 10.2. The molecule has 0 fully saturated rings. The van der Waals surface area contributed by atoms with Gasteiger partial charge in [-0.3, -0.25) is 9.10 Å². The maximum Gasteiger partial charge on any atom is 0.264 e. The molecule has 0 aliphatic carbocycles. The number of hydrogen-bond acceptors (Lipinski definition) is 3. The Bertz CT molecular complexity index is 1130. The summed E-state index contributed by atoms with van der Waals surface area (Å²) in [5.41, 5.74) is 2.58. The molecule has 168 valence electrons. The van der Waals surface area contributed by atoms with Crippen LogP contribution in [0.25, 0.3) is 0 Å². The molecule has 0 unspecified atom stereocenters. The van der Waals surface area contributed by atoms with E-state index in [0.717, 1.165) is 18.4 Å². The Kier molecular flexibility index (Phi) is 7.94. The van der Waals surface area contributed by atoms with Gasteiger partial charge >= 0.3 is 0 Å². The van der Waals surface area contributed by atoms with Crippen LogP contribution in [0, 0.1) is 0 Å². The van der Waals surface area contributed by atoms with Crippen LogP contribution in [0.2, 0.25) is 5.02 Å². The molecule has 3 rings (SSSR count). The van der Waals surface area contributed by atoms with Gasteiger partial charge in [-0.2, -0.15) is 0 Å². The summed E-state index contributed by atoms with van der Waals surface area (Å²) in [4.78, 5) is 12.6. The minimum Gasteiger partial charge on any atom is -0.353 e. The molecule has 7 heteroatoms. The zero-order chi connectivity index (χ0) is 23.1. The Labute approximate surface area is 195 Å². The minimum atomic E-state index is -3.69. The van der Waals surface area contributed by atoms with Crippen LogP contribution in [0.4, 0.5) is 5.69 Å². The van der Waals surface area contributed by atoms with Gasteiger partial charge in [0.2, 0.25) is 5.91 Å². The molecule has 1 N–H and O–H groups in total. The molecule has 32 heavy (non-hydrogen) atoms. The molecule has 0 saturated carbocycles. The van der Waals surface area contributed by atoms with Gasteiger partial charge in [0.1, 0.15) is 0 Å². The van der Waals surface area contributed by atoms with Crippen molar-refractivity contribution in [3.05, 3.63) is 95.0 Å². The molecular weight excluding hydrogens is 444 g/mol. The van der Waals surface area contributed by atoms with E-state index in [-0.39, 0.29) is 23.3 Å². The molecule has 3 aromatic rings. The van der Waals surface area contributed by atoms with Crippen LogP contribution in [0.15, 0.2) is 83.8 Å². The van der Waals surface area contributed by atoms with Crippen LogP contribution < -0.4 is 9.62 Å². The van der Waals surface area contributed by atoms with Gasteiger partial charge < -0.3 is 5.32 Å². The highest BCUT2D eigenvalue weighted by atomic mass is 35.5. The first-order valence-corrected chi connectivity index (χ1v) is 12.2. The van der Waals surface area contributed by atoms with Crippen LogP contribution in [0.1, 0.15) is 24.5 Å². The Morgan fingerprint density at radius 3 is 2.19 bits per heavy atom. The minimum absolute atomic E-state index is 0.0551. The van der Waals surface area contributed by atoms with E-state index in [1.54, 1.807) is 36.4 Å². The zero-order valence-corrected chi connectivity index (χ0v) is 19.7. The highest BCUT2D eigenvalue weighted by Crippen LogP contribution is 2.23. The molecule has 0 aromatic heterocycles. The molecule has 0 aliphatic heterocycles. The van der Waals surface area contributed by atoms with Gasteiger partial charge in [0.05, 0.1) is 17.0 Å². The molecule has 0 radical (unpaired) electrons. The van der Waals surface area contributed by atoms with Gasteiger partial charge in [-0.15, -0.1) is 0 Å². The number of hydrogen-bond donors (Lipinski definition) is 1. The average Bonchev–Trinajstić information content (AvgIpc) is 2.78. The topological polar surface area (TPSA) is 66.5 Å². The Balaban J connectivity index is 1.55. The number of nitrogens with zero attached hydrogens (tertiary/aromatic N) is 1. The number of rotatable bonds is 9. The quantitative estimate of drug-likeness (QED) is 0.486. The molecule has 0 spiro atoms. The van der Waals surface area contributed by atoms with Crippen molar-refractivity contribution in [1.82, 2.24) is 5.32 Å². The van der Waals surface area contributed by atoms with Crippen LogP contribution in [-0.2, 0) is 27.7 Å². The SMILES string of the molecule is C[C@@H](CCc1ccccc1)NC(=O)Cc1ccc(N(C)S(=O)(=O)c2ccc(Cl)cc2)cc1. The summed E-state index contributed by atoms with van der Waals surface area (Å²) >= 11 is 5.85. The zero-order valence-electron chi connectivity index (χ0n) is 18.2. The Morgan fingerprint density at radius 2 is 1.56 bits per heavy atom. The summed E-state index contributed by atoms with van der Waals surface area (Å²) in [7, 11) is -2.19. The monoisotopic (exact) mass is 470 g/mol. The number of aryl methyl sites for hydroxylation is 1. The highest BCUT2D eigenvalue weighted by molar-refractivity contribution is 7.92. The predicted molar refractivity (Wildman–Crippen MR) is 130 cm³/mol. The smallest absolute Gasteiger partial charge is 0.264 e. The van der Waals surface area contributed by atoms with E-state index in [1.807, 2.05) is 25.1 Å². The van der Waals surface area contributed by atoms with E-state index < -0.39 is 10.0 Å². The normalized spacial score (nSPS) is 12.2. The van der Waals surface area contributed by atoms with Gasteiger partial charge in [0, 0.05) is 18.1 Å². The van der Waals surface area contributed by atoms with Gasteiger partial charge in [0.25, 0.3) is 10.0 Å². The van der Waals surface area contributed by atoms with Gasteiger partial charge in [-0.1, -0.05) is 54.1 Å². The van der Waals surface area contributed by atoms with Crippen molar-refractivity contribution in [3.8, 4) is 0 Å². The van der Waals surface area contributed by atoms with Crippen LogP contribution in [0.3, 0.4) is 0 Å². The van der Waals surface area contributed by atoms with E-state index in [2.05, 4.69) is 17.4 Å². The van der Waals surface area contributed by atoms with E-state index in [1.165, 1.54) is 29.0 Å². The van der Waals surface area contributed by atoms with E-state index in [0.29, 0.717) is 10.7 Å².